The van der Waals surface area contributed by atoms with Gasteiger partial charge in [0.05, 0.1) is 24.8 Å². The van der Waals surface area contributed by atoms with Crippen LogP contribution in [0.5, 0.6) is 11.5 Å². The molecule has 2 amide bonds. The number of esters is 1. The summed E-state index contributed by atoms with van der Waals surface area (Å²) in [7, 11) is 1.30. The average molecular weight is 383 g/mol. The Hall–Kier alpha value is -3.39. The zero-order valence-electron chi connectivity index (χ0n) is 15.2. The van der Waals surface area contributed by atoms with E-state index in [1.165, 1.54) is 24.1 Å². The van der Waals surface area contributed by atoms with Crippen molar-refractivity contribution in [2.24, 2.45) is 0 Å². The van der Waals surface area contributed by atoms with Gasteiger partial charge >= 0.3 is 5.97 Å². The van der Waals surface area contributed by atoms with Crippen molar-refractivity contribution in [3.8, 4) is 11.5 Å². The van der Waals surface area contributed by atoms with Gasteiger partial charge in [-0.1, -0.05) is 0 Å². The quantitative estimate of drug-likeness (QED) is 0.600. The van der Waals surface area contributed by atoms with Gasteiger partial charge in [-0.2, -0.15) is 0 Å². The van der Waals surface area contributed by atoms with E-state index in [-0.39, 0.29) is 25.0 Å². The summed E-state index contributed by atoms with van der Waals surface area (Å²) >= 11 is 0. The van der Waals surface area contributed by atoms with Crippen molar-refractivity contribution in [2.45, 2.75) is 19.0 Å². The molecule has 0 unspecified atom stereocenters. The molecule has 1 atom stereocenters. The Kier molecular flexibility index (Phi) is 4.70. The second-order valence-electron chi connectivity index (χ2n) is 6.54. The summed E-state index contributed by atoms with van der Waals surface area (Å²) in [6.45, 7) is 0.747. The van der Waals surface area contributed by atoms with Gasteiger partial charge in [0.1, 0.15) is 6.54 Å². The van der Waals surface area contributed by atoms with E-state index in [0.717, 1.165) is 5.56 Å². The maximum absolute atomic E-state index is 12.7. The van der Waals surface area contributed by atoms with Crippen molar-refractivity contribution < 1.29 is 33.9 Å². The minimum Gasteiger partial charge on any atom is -0.465 e. The number of amides is 2. The van der Waals surface area contributed by atoms with E-state index in [1.54, 1.807) is 12.1 Å². The summed E-state index contributed by atoms with van der Waals surface area (Å²) in [5.74, 6) is 0.393. The van der Waals surface area contributed by atoms with Crippen LogP contribution in [0.3, 0.4) is 0 Å². The molecule has 2 aliphatic heterocycles. The summed E-state index contributed by atoms with van der Waals surface area (Å²) in [4.78, 5) is 37.8. The molecule has 0 saturated carbocycles. The standard InChI is InChI=1S/C20H18N2O6/c1-26-20(25)13-3-5-14(6-4-13)22-18(23)9-15(19(22)24)21-10-12-2-7-16-17(8-12)28-11-27-16/h2-8,15,21H,9-11H2,1H3/p+1/t15-/m0/s1. The summed E-state index contributed by atoms with van der Waals surface area (Å²) in [5.41, 5.74) is 1.78. The van der Waals surface area contributed by atoms with Crippen molar-refractivity contribution in [1.29, 1.82) is 0 Å². The topological polar surface area (TPSA) is 98.8 Å². The number of nitrogens with zero attached hydrogens (tertiary/aromatic N) is 1. The predicted molar refractivity (Wildman–Crippen MR) is 96.9 cm³/mol. The lowest BCUT2D eigenvalue weighted by Crippen LogP contribution is -2.90. The lowest BCUT2D eigenvalue weighted by molar-refractivity contribution is -0.690. The molecule has 1 fully saturated rings. The van der Waals surface area contributed by atoms with Crippen LogP contribution in [0.2, 0.25) is 0 Å². The average Bonchev–Trinajstić information content (AvgIpc) is 3.29. The first kappa shape index (κ1) is 18.0. The van der Waals surface area contributed by atoms with E-state index >= 15 is 0 Å². The van der Waals surface area contributed by atoms with Crippen LogP contribution in [0, 0.1) is 0 Å². The lowest BCUT2D eigenvalue weighted by Gasteiger charge is -2.14. The number of fused-ring (bicyclic) bond motifs is 1. The third-order valence-corrected chi connectivity index (χ3v) is 4.80. The highest BCUT2D eigenvalue weighted by atomic mass is 16.7. The first-order valence-corrected chi connectivity index (χ1v) is 8.84. The predicted octanol–water partition coefficient (Wildman–Crippen LogP) is 0.597. The molecule has 2 aromatic carbocycles. The number of benzene rings is 2. The SMILES string of the molecule is COC(=O)c1ccc(N2C(=O)C[C@H]([NH2+]Cc3ccc4c(c3)OCO4)C2=O)cc1. The van der Waals surface area contributed by atoms with Gasteiger partial charge < -0.3 is 19.5 Å². The van der Waals surface area contributed by atoms with Gasteiger partial charge in [-0.3, -0.25) is 9.59 Å². The Morgan fingerprint density at radius 3 is 2.64 bits per heavy atom. The number of carbonyl (C=O) groups excluding carboxylic acids is 3. The van der Waals surface area contributed by atoms with Crippen LogP contribution < -0.4 is 19.7 Å². The molecule has 2 aliphatic rings. The number of imide groups is 1. The Balaban J connectivity index is 1.43. The molecule has 8 heteroatoms. The van der Waals surface area contributed by atoms with Gasteiger partial charge in [-0.15, -0.1) is 0 Å². The molecule has 8 nitrogen and oxygen atoms in total. The minimum atomic E-state index is -0.488. The van der Waals surface area contributed by atoms with Crippen LogP contribution in [-0.4, -0.2) is 37.7 Å². The summed E-state index contributed by atoms with van der Waals surface area (Å²) < 4.78 is 15.3. The monoisotopic (exact) mass is 383 g/mol. The molecule has 0 spiro atoms. The molecular weight excluding hydrogens is 364 g/mol. The van der Waals surface area contributed by atoms with Crippen LogP contribution in [0.4, 0.5) is 5.69 Å². The highest BCUT2D eigenvalue weighted by molar-refractivity contribution is 6.21. The van der Waals surface area contributed by atoms with E-state index in [9.17, 15) is 14.4 Å². The maximum atomic E-state index is 12.7. The number of carbonyl (C=O) groups is 3. The molecule has 0 bridgehead atoms. The van der Waals surface area contributed by atoms with Crippen molar-refractivity contribution in [3.63, 3.8) is 0 Å². The first-order valence-electron chi connectivity index (χ1n) is 8.84. The Morgan fingerprint density at radius 1 is 1.14 bits per heavy atom. The van der Waals surface area contributed by atoms with Crippen molar-refractivity contribution in [1.82, 2.24) is 0 Å². The van der Waals surface area contributed by atoms with E-state index in [2.05, 4.69) is 4.74 Å². The van der Waals surface area contributed by atoms with Crippen LogP contribution in [0.1, 0.15) is 22.3 Å². The minimum absolute atomic E-state index is 0.127. The van der Waals surface area contributed by atoms with E-state index in [1.807, 2.05) is 23.5 Å². The number of anilines is 1. The van der Waals surface area contributed by atoms with Crippen LogP contribution >= 0.6 is 0 Å². The second kappa shape index (κ2) is 7.32. The number of hydrogen-bond donors (Lipinski definition) is 1. The molecule has 2 N–H and O–H groups in total. The van der Waals surface area contributed by atoms with Gasteiger partial charge in [0, 0.05) is 5.56 Å². The normalized spacial score (nSPS) is 17.9. The van der Waals surface area contributed by atoms with Crippen molar-refractivity contribution in [3.05, 3.63) is 53.6 Å². The molecule has 2 heterocycles. The fraction of sp³-hybridized carbons (Fsp3) is 0.250. The molecular formula is C20H19N2O6+. The number of hydrogen-bond acceptors (Lipinski definition) is 6. The fourth-order valence-corrected chi connectivity index (χ4v) is 3.32. The molecule has 144 valence electrons. The van der Waals surface area contributed by atoms with E-state index < -0.39 is 12.0 Å². The van der Waals surface area contributed by atoms with Gasteiger partial charge in [0.25, 0.3) is 5.91 Å². The van der Waals surface area contributed by atoms with Crippen molar-refractivity contribution >= 4 is 23.5 Å². The Bertz CT molecular complexity index is 940. The third kappa shape index (κ3) is 3.29. The molecule has 4 rings (SSSR count). The number of ether oxygens (including phenoxy) is 3. The largest absolute Gasteiger partial charge is 0.465 e. The number of rotatable bonds is 5. The van der Waals surface area contributed by atoms with E-state index in [0.29, 0.717) is 29.3 Å². The molecule has 2 aromatic rings. The summed E-state index contributed by atoms with van der Waals surface area (Å²) in [6.07, 6.45) is 0.127. The second-order valence-corrected chi connectivity index (χ2v) is 6.54. The van der Waals surface area contributed by atoms with Gasteiger partial charge in [-0.25, -0.2) is 9.69 Å². The van der Waals surface area contributed by atoms with Gasteiger partial charge in [-0.05, 0) is 42.5 Å². The maximum Gasteiger partial charge on any atom is 0.337 e. The number of methoxy groups -OCH3 is 1. The Morgan fingerprint density at radius 2 is 1.89 bits per heavy atom. The number of quaternary nitrogens is 1. The van der Waals surface area contributed by atoms with Crippen molar-refractivity contribution in [2.75, 3.05) is 18.8 Å². The first-order chi connectivity index (χ1) is 13.6. The van der Waals surface area contributed by atoms with Crippen LogP contribution in [0.25, 0.3) is 0 Å². The third-order valence-electron chi connectivity index (χ3n) is 4.80. The molecule has 1 saturated heterocycles. The van der Waals surface area contributed by atoms with Crippen LogP contribution in [0.15, 0.2) is 42.5 Å². The van der Waals surface area contributed by atoms with Gasteiger partial charge in [0.15, 0.2) is 17.5 Å². The zero-order chi connectivity index (χ0) is 19.7. The van der Waals surface area contributed by atoms with E-state index in [4.69, 9.17) is 9.47 Å². The fourth-order valence-electron chi connectivity index (χ4n) is 3.32. The number of nitrogens with two attached hydrogens (primary N) is 1. The molecule has 0 radical (unpaired) electrons. The molecule has 0 aromatic heterocycles. The lowest BCUT2D eigenvalue weighted by atomic mass is 10.1. The highest BCUT2D eigenvalue weighted by Crippen LogP contribution is 2.32. The summed E-state index contributed by atoms with van der Waals surface area (Å²) in [5, 5.41) is 1.85. The smallest absolute Gasteiger partial charge is 0.337 e. The highest BCUT2D eigenvalue weighted by Gasteiger charge is 2.42. The zero-order valence-corrected chi connectivity index (χ0v) is 15.2. The molecule has 0 aliphatic carbocycles. The van der Waals surface area contributed by atoms with Gasteiger partial charge in [0.2, 0.25) is 12.7 Å². The Labute approximate surface area is 161 Å². The summed E-state index contributed by atoms with van der Waals surface area (Å²) in [6, 6.07) is 11.3. The molecule has 28 heavy (non-hydrogen) atoms. The van der Waals surface area contributed by atoms with Crippen LogP contribution in [-0.2, 0) is 20.9 Å².